The van der Waals surface area contributed by atoms with E-state index in [9.17, 15) is 0 Å². The topological polar surface area (TPSA) is 0 Å². The first-order valence-electron chi connectivity index (χ1n) is 15.8. The zero-order valence-corrected chi connectivity index (χ0v) is 32.4. The number of benzene rings is 2. The van der Waals surface area contributed by atoms with E-state index in [1.807, 2.05) is 0 Å². The summed E-state index contributed by atoms with van der Waals surface area (Å²) >= 11 is -2.35. The van der Waals surface area contributed by atoms with Crippen molar-refractivity contribution in [3.05, 3.63) is 90.8 Å². The molecule has 0 nitrogen and oxygen atoms in total. The van der Waals surface area contributed by atoms with E-state index in [0.29, 0.717) is 9.54 Å². The van der Waals surface area contributed by atoms with Crippen LogP contribution < -0.4 is 24.8 Å². The Morgan fingerprint density at radius 1 is 0.744 bits per heavy atom. The zero-order chi connectivity index (χ0) is 29.8. The number of hydrogen-bond acceptors (Lipinski definition) is 0. The molecule has 228 valence electrons. The maximum absolute atomic E-state index is 2.69. The van der Waals surface area contributed by atoms with Gasteiger partial charge in [-0.3, -0.25) is 0 Å². The van der Waals surface area contributed by atoms with Crippen LogP contribution in [0.15, 0.2) is 57.4 Å². The van der Waals surface area contributed by atoms with Crippen LogP contribution >= 0.6 is 0 Å². The molecule has 0 bridgehead atoms. The minimum atomic E-state index is -2.35. The van der Waals surface area contributed by atoms with Crippen molar-refractivity contribution >= 4 is 14.4 Å². The molecule has 1 atom stereocenters. The second-order valence-corrected chi connectivity index (χ2v) is 23.4. The Labute approximate surface area is 282 Å². The summed E-state index contributed by atoms with van der Waals surface area (Å²) in [6.07, 6.45) is 12.4. The number of halogens is 2. The standard InChI is InChI=1S/C27H29.C10H15.C3H6.2ClH.Zr/c1-16-7-9-26(3,4)24-12-18-11-19-13-25-21(17(2)8-10-27(25,5)6)15-23(19)22(18)14-20(16)24;1-8-5-6-9(7-8)10(2,3)4;1-3-2;;;/h7-8,11-15H,9-10H2,1-6H3;6-8H,1-4H3;1-2H3;2*1H;/q;;;;;+2/p-2. The van der Waals surface area contributed by atoms with Crippen LogP contribution in [0.5, 0.6) is 0 Å². The van der Waals surface area contributed by atoms with Gasteiger partial charge >= 0.3 is 259 Å². The number of allylic oxidation sites excluding steroid dienone is 8. The van der Waals surface area contributed by atoms with E-state index < -0.39 is 21.3 Å². The average Bonchev–Trinajstić information content (AvgIpc) is 3.41. The number of fused-ring (bicyclic) bond motifs is 5. The Balaban J connectivity index is 0.00000212. The van der Waals surface area contributed by atoms with Gasteiger partial charge in [0.2, 0.25) is 0 Å². The summed E-state index contributed by atoms with van der Waals surface area (Å²) in [4.78, 5) is 0. The molecule has 0 heterocycles. The molecule has 0 amide bonds. The molecule has 0 spiro atoms. The maximum atomic E-state index is 2.69. The Bertz CT molecular complexity index is 1570. The first-order valence-corrected chi connectivity index (χ1v) is 19.7. The fraction of sp³-hybridized carbons (Fsp3) is 0.475. The summed E-state index contributed by atoms with van der Waals surface area (Å²) in [6.45, 7) is 29.0. The average molecular weight is 693 g/mol. The second kappa shape index (κ2) is 11.5. The quantitative estimate of drug-likeness (QED) is 0.403. The summed E-state index contributed by atoms with van der Waals surface area (Å²) in [5, 5.41) is 0. The predicted molar refractivity (Wildman–Crippen MR) is 177 cm³/mol. The van der Waals surface area contributed by atoms with Crippen molar-refractivity contribution in [2.45, 2.75) is 110 Å². The molecular weight excluding hydrogens is 643 g/mol. The van der Waals surface area contributed by atoms with E-state index in [2.05, 4.69) is 132 Å². The van der Waals surface area contributed by atoms with Gasteiger partial charge in [0.05, 0.1) is 0 Å². The van der Waals surface area contributed by atoms with Crippen LogP contribution in [0.25, 0.3) is 22.3 Å². The molecular formula is C40H50Cl2Zr. The normalized spacial score (nSPS) is 20.9. The van der Waals surface area contributed by atoms with Crippen LogP contribution in [-0.4, -0.2) is 3.21 Å². The molecule has 2 aromatic rings. The van der Waals surface area contributed by atoms with Gasteiger partial charge in [-0.25, -0.2) is 0 Å². The van der Waals surface area contributed by atoms with Gasteiger partial charge in [0.25, 0.3) is 0 Å². The van der Waals surface area contributed by atoms with Gasteiger partial charge in [-0.2, -0.15) is 0 Å². The van der Waals surface area contributed by atoms with Crippen molar-refractivity contribution in [2.24, 2.45) is 11.3 Å². The maximum Gasteiger partial charge on any atom is -1.00 e. The largest absolute Gasteiger partial charge is 1.00 e. The third-order valence-electron chi connectivity index (χ3n) is 10.7. The molecule has 0 N–H and O–H groups in total. The summed E-state index contributed by atoms with van der Waals surface area (Å²) in [7, 11) is 0. The first kappa shape index (κ1) is 34.6. The Kier molecular flexibility index (Phi) is 9.27. The van der Waals surface area contributed by atoms with E-state index in [1.54, 1.807) is 28.7 Å². The minimum Gasteiger partial charge on any atom is -1.00 e. The molecule has 1 unspecified atom stereocenters. The van der Waals surface area contributed by atoms with Gasteiger partial charge in [0.15, 0.2) is 0 Å². The SMILES string of the molecule is CC1=CCC(C)(C)c2cc3c(cc21)-c1cc2c(cc1[CH]3[Zr+2]([C]1=CC(C(C)(C)C)=CC1C)=[C](C)C)C(C)(C)CC=C2C.[Cl-].[Cl-]. The van der Waals surface area contributed by atoms with Crippen molar-refractivity contribution in [2.75, 3.05) is 0 Å². The molecule has 3 heteroatoms. The van der Waals surface area contributed by atoms with Crippen LogP contribution in [0.1, 0.15) is 133 Å². The summed E-state index contributed by atoms with van der Waals surface area (Å²) in [6, 6.07) is 10.6. The monoisotopic (exact) mass is 690 g/mol. The molecule has 0 radical (unpaired) electrons. The van der Waals surface area contributed by atoms with E-state index in [4.69, 9.17) is 0 Å². The van der Waals surface area contributed by atoms with Crippen molar-refractivity contribution in [3.63, 3.8) is 0 Å². The van der Waals surface area contributed by atoms with Crippen LogP contribution in [0.3, 0.4) is 0 Å². The molecule has 2 aromatic carbocycles. The molecule has 43 heavy (non-hydrogen) atoms. The van der Waals surface area contributed by atoms with Crippen molar-refractivity contribution in [1.82, 2.24) is 0 Å². The minimum absolute atomic E-state index is 0. The van der Waals surface area contributed by atoms with Crippen LogP contribution in [0.2, 0.25) is 0 Å². The van der Waals surface area contributed by atoms with Gasteiger partial charge < -0.3 is 24.8 Å². The van der Waals surface area contributed by atoms with Crippen molar-refractivity contribution in [1.29, 1.82) is 0 Å². The molecule has 0 fully saturated rings. The third-order valence-corrected chi connectivity index (χ3v) is 19.3. The fourth-order valence-electron chi connectivity index (χ4n) is 7.92. The van der Waals surface area contributed by atoms with E-state index in [0.717, 1.165) is 12.8 Å². The van der Waals surface area contributed by atoms with Gasteiger partial charge in [0.1, 0.15) is 0 Å². The number of rotatable bonds is 2. The van der Waals surface area contributed by atoms with E-state index in [-0.39, 0.29) is 41.1 Å². The zero-order valence-electron chi connectivity index (χ0n) is 28.4. The summed E-state index contributed by atoms with van der Waals surface area (Å²) < 4.78 is 4.05. The summed E-state index contributed by atoms with van der Waals surface area (Å²) in [5.41, 5.74) is 17.3. The summed E-state index contributed by atoms with van der Waals surface area (Å²) in [5.74, 6) is 0.541. The molecule has 4 aliphatic carbocycles. The fourth-order valence-corrected chi connectivity index (χ4v) is 16.5. The van der Waals surface area contributed by atoms with Crippen LogP contribution in [-0.2, 0) is 32.1 Å². The first-order chi connectivity index (χ1) is 19.0. The van der Waals surface area contributed by atoms with Gasteiger partial charge in [-0.15, -0.1) is 0 Å². The molecule has 6 rings (SSSR count). The Morgan fingerprint density at radius 3 is 1.56 bits per heavy atom. The van der Waals surface area contributed by atoms with Gasteiger partial charge in [-0.05, 0) is 0 Å². The smallest absolute Gasteiger partial charge is 1.00 e. The molecule has 0 saturated carbocycles. The third kappa shape index (κ3) is 5.57. The van der Waals surface area contributed by atoms with Crippen LogP contribution in [0.4, 0.5) is 0 Å². The van der Waals surface area contributed by atoms with Crippen LogP contribution in [0, 0.1) is 11.3 Å². The molecule has 0 aromatic heterocycles. The number of hydrogen-bond donors (Lipinski definition) is 0. The molecule has 4 aliphatic rings. The van der Waals surface area contributed by atoms with Gasteiger partial charge in [-0.1, -0.05) is 0 Å². The van der Waals surface area contributed by atoms with Crippen molar-refractivity contribution in [3.8, 4) is 11.1 Å². The van der Waals surface area contributed by atoms with E-state index in [1.165, 1.54) is 39.0 Å². The van der Waals surface area contributed by atoms with Gasteiger partial charge in [0, 0.05) is 0 Å². The Hall–Kier alpha value is -1.27. The molecule has 0 aliphatic heterocycles. The predicted octanol–water partition coefficient (Wildman–Crippen LogP) is 5.27. The van der Waals surface area contributed by atoms with Crippen molar-refractivity contribution < 1.29 is 46.1 Å². The van der Waals surface area contributed by atoms with E-state index >= 15 is 0 Å². The second-order valence-electron chi connectivity index (χ2n) is 16.0. The Morgan fingerprint density at radius 2 is 1.19 bits per heavy atom. The molecule has 0 saturated heterocycles.